The fraction of sp³-hybridized carbons (Fsp3) is 0.300. The van der Waals surface area contributed by atoms with Gasteiger partial charge < -0.3 is 4.90 Å². The van der Waals surface area contributed by atoms with E-state index in [4.69, 9.17) is 0 Å². The van der Waals surface area contributed by atoms with E-state index in [1.54, 1.807) is 47.6 Å². The molecule has 2 aliphatic rings. The number of hydrogen-bond acceptors (Lipinski definition) is 4. The summed E-state index contributed by atoms with van der Waals surface area (Å²) in [6, 6.07) is 9.90. The minimum absolute atomic E-state index is 0.00756. The Kier molecular flexibility index (Phi) is 4.78. The predicted octanol–water partition coefficient (Wildman–Crippen LogP) is 2.91. The Morgan fingerprint density at radius 1 is 1.19 bits per heavy atom. The Hall–Kier alpha value is -2.54. The van der Waals surface area contributed by atoms with E-state index in [-0.39, 0.29) is 36.6 Å². The van der Waals surface area contributed by atoms with Crippen molar-refractivity contribution in [2.24, 2.45) is 5.92 Å². The first-order chi connectivity index (χ1) is 13.0. The number of benzene rings is 1. The van der Waals surface area contributed by atoms with E-state index in [9.17, 15) is 14.4 Å². The Morgan fingerprint density at radius 2 is 1.93 bits per heavy atom. The maximum absolute atomic E-state index is 13.1. The molecule has 1 atom stereocenters. The molecule has 1 aromatic heterocycles. The summed E-state index contributed by atoms with van der Waals surface area (Å²) in [5.74, 6) is -0.721. The van der Waals surface area contributed by atoms with Gasteiger partial charge in [-0.2, -0.15) is 0 Å². The zero-order chi connectivity index (χ0) is 19.0. The zero-order valence-electron chi connectivity index (χ0n) is 14.5. The van der Waals surface area contributed by atoms with Gasteiger partial charge in [0, 0.05) is 29.3 Å². The lowest BCUT2D eigenvalue weighted by Crippen LogP contribution is -2.45. The highest BCUT2D eigenvalue weighted by molar-refractivity contribution is 9.10. The number of rotatable bonds is 5. The first-order valence-corrected chi connectivity index (χ1v) is 9.65. The molecule has 2 aromatic rings. The number of pyridine rings is 1. The molecule has 1 unspecified atom stereocenters. The molecular weight excluding hydrogens is 410 g/mol. The predicted molar refractivity (Wildman–Crippen MR) is 103 cm³/mol. The van der Waals surface area contributed by atoms with Crippen LogP contribution in [0.25, 0.3) is 0 Å². The van der Waals surface area contributed by atoms with Crippen LogP contribution in [-0.2, 0) is 20.9 Å². The van der Waals surface area contributed by atoms with E-state index in [2.05, 4.69) is 20.9 Å². The van der Waals surface area contributed by atoms with Gasteiger partial charge in [0.05, 0.1) is 12.1 Å². The number of nitrogens with zero attached hydrogens (tertiary/aromatic N) is 3. The molecule has 0 radical (unpaired) electrons. The molecule has 2 fully saturated rings. The number of imide groups is 1. The van der Waals surface area contributed by atoms with Gasteiger partial charge in [-0.15, -0.1) is 0 Å². The smallest absolute Gasteiger partial charge is 0.257 e. The first kappa shape index (κ1) is 17.9. The van der Waals surface area contributed by atoms with E-state index < -0.39 is 6.04 Å². The summed E-state index contributed by atoms with van der Waals surface area (Å²) >= 11 is 3.35. The standard InChI is InChI=1S/C20H18BrN3O3/c21-15-5-7-16(8-6-15)24-18(25)10-17(20(24)27)23(19(26)14-3-4-14)12-13-2-1-9-22-11-13/h1-2,5-9,11,14,17H,3-4,10,12H2. The van der Waals surface area contributed by atoms with Crippen molar-refractivity contribution in [2.45, 2.75) is 31.8 Å². The fourth-order valence-electron chi connectivity index (χ4n) is 3.32. The Labute approximate surface area is 165 Å². The van der Waals surface area contributed by atoms with Crippen LogP contribution >= 0.6 is 15.9 Å². The molecule has 27 heavy (non-hydrogen) atoms. The van der Waals surface area contributed by atoms with Crippen molar-refractivity contribution >= 4 is 39.3 Å². The molecule has 138 valence electrons. The van der Waals surface area contributed by atoms with E-state index in [1.807, 2.05) is 6.07 Å². The minimum Gasteiger partial charge on any atom is -0.325 e. The topological polar surface area (TPSA) is 70.6 Å². The highest BCUT2D eigenvalue weighted by Crippen LogP contribution is 2.35. The maximum atomic E-state index is 13.1. The van der Waals surface area contributed by atoms with Crippen molar-refractivity contribution in [2.75, 3.05) is 4.90 Å². The monoisotopic (exact) mass is 427 g/mol. The Morgan fingerprint density at radius 3 is 2.56 bits per heavy atom. The van der Waals surface area contributed by atoms with Gasteiger partial charge in [-0.25, -0.2) is 4.90 Å². The second-order valence-corrected chi connectivity index (χ2v) is 7.78. The molecule has 0 spiro atoms. The zero-order valence-corrected chi connectivity index (χ0v) is 16.1. The van der Waals surface area contributed by atoms with Crippen LogP contribution in [0, 0.1) is 5.92 Å². The Balaban J connectivity index is 1.61. The molecule has 6 nitrogen and oxygen atoms in total. The van der Waals surface area contributed by atoms with Crippen molar-refractivity contribution < 1.29 is 14.4 Å². The average Bonchev–Trinajstić information content (AvgIpc) is 3.47. The van der Waals surface area contributed by atoms with Crippen LogP contribution < -0.4 is 4.90 Å². The maximum Gasteiger partial charge on any atom is 0.257 e. The lowest BCUT2D eigenvalue weighted by molar-refractivity contribution is -0.140. The van der Waals surface area contributed by atoms with Gasteiger partial charge in [-0.1, -0.05) is 22.0 Å². The van der Waals surface area contributed by atoms with Gasteiger partial charge in [0.2, 0.25) is 11.8 Å². The van der Waals surface area contributed by atoms with Crippen LogP contribution in [0.5, 0.6) is 0 Å². The van der Waals surface area contributed by atoms with Crippen molar-refractivity contribution in [1.29, 1.82) is 0 Å². The van der Waals surface area contributed by atoms with Gasteiger partial charge >= 0.3 is 0 Å². The molecule has 4 rings (SSSR count). The third kappa shape index (κ3) is 3.64. The number of halogens is 1. The normalized spacial score (nSPS) is 19.4. The van der Waals surface area contributed by atoms with Gasteiger partial charge in [0.1, 0.15) is 6.04 Å². The first-order valence-electron chi connectivity index (χ1n) is 8.86. The molecule has 1 saturated heterocycles. The third-order valence-electron chi connectivity index (χ3n) is 4.87. The summed E-state index contributed by atoms with van der Waals surface area (Å²) in [4.78, 5) is 45.3. The largest absolute Gasteiger partial charge is 0.325 e. The van der Waals surface area contributed by atoms with Crippen LogP contribution in [0.1, 0.15) is 24.8 Å². The van der Waals surface area contributed by atoms with Crippen molar-refractivity contribution in [3.05, 3.63) is 58.8 Å². The second-order valence-electron chi connectivity index (χ2n) is 6.87. The molecule has 1 saturated carbocycles. The Bertz CT molecular complexity index is 881. The van der Waals surface area contributed by atoms with Crippen LogP contribution in [0.3, 0.4) is 0 Å². The van der Waals surface area contributed by atoms with Gasteiger partial charge in [-0.3, -0.25) is 19.4 Å². The molecule has 7 heteroatoms. The minimum atomic E-state index is -0.769. The summed E-state index contributed by atoms with van der Waals surface area (Å²) in [7, 11) is 0. The lowest BCUT2D eigenvalue weighted by atomic mass is 10.1. The number of anilines is 1. The number of aromatic nitrogens is 1. The van der Waals surface area contributed by atoms with Crippen LogP contribution in [0.4, 0.5) is 5.69 Å². The molecule has 1 aliphatic carbocycles. The molecule has 0 N–H and O–H groups in total. The van der Waals surface area contributed by atoms with Gasteiger partial charge in [0.15, 0.2) is 0 Å². The third-order valence-corrected chi connectivity index (χ3v) is 5.40. The van der Waals surface area contributed by atoms with Gasteiger partial charge in [-0.05, 0) is 48.7 Å². The summed E-state index contributed by atoms with van der Waals surface area (Å²) < 4.78 is 0.865. The number of carbonyl (C=O) groups is 3. The molecule has 1 aliphatic heterocycles. The van der Waals surface area contributed by atoms with Crippen molar-refractivity contribution in [1.82, 2.24) is 9.88 Å². The van der Waals surface area contributed by atoms with Crippen LogP contribution in [0.15, 0.2) is 53.3 Å². The highest BCUT2D eigenvalue weighted by Gasteiger charge is 2.46. The summed E-state index contributed by atoms with van der Waals surface area (Å²) in [6.45, 7) is 0.279. The van der Waals surface area contributed by atoms with Crippen LogP contribution in [0.2, 0.25) is 0 Å². The highest BCUT2D eigenvalue weighted by atomic mass is 79.9. The SMILES string of the molecule is O=C1CC(N(Cc2cccnc2)C(=O)C2CC2)C(=O)N1c1ccc(Br)cc1. The van der Waals surface area contributed by atoms with E-state index in [1.165, 1.54) is 4.90 Å². The molecule has 2 heterocycles. The quantitative estimate of drug-likeness (QED) is 0.687. The number of hydrogen-bond donors (Lipinski definition) is 0. The van der Waals surface area contributed by atoms with Crippen molar-refractivity contribution in [3.63, 3.8) is 0 Å². The molecule has 1 aromatic carbocycles. The summed E-state index contributed by atoms with van der Waals surface area (Å²) in [6.07, 6.45) is 5.03. The number of carbonyl (C=O) groups excluding carboxylic acids is 3. The number of amides is 3. The second kappa shape index (κ2) is 7.23. The summed E-state index contributed by atoms with van der Waals surface area (Å²) in [5, 5.41) is 0. The van der Waals surface area contributed by atoms with Crippen LogP contribution in [-0.4, -0.2) is 33.6 Å². The molecule has 3 amide bonds. The van der Waals surface area contributed by atoms with E-state index in [0.29, 0.717) is 5.69 Å². The molecular formula is C20H18BrN3O3. The van der Waals surface area contributed by atoms with E-state index in [0.717, 1.165) is 22.9 Å². The van der Waals surface area contributed by atoms with E-state index >= 15 is 0 Å². The fourth-order valence-corrected chi connectivity index (χ4v) is 3.58. The molecule has 0 bridgehead atoms. The summed E-state index contributed by atoms with van der Waals surface area (Å²) in [5.41, 5.74) is 1.37. The lowest BCUT2D eigenvalue weighted by Gasteiger charge is -2.27. The van der Waals surface area contributed by atoms with Crippen molar-refractivity contribution in [3.8, 4) is 0 Å². The average molecular weight is 428 g/mol. The van der Waals surface area contributed by atoms with Gasteiger partial charge in [0.25, 0.3) is 5.91 Å².